The lowest BCUT2D eigenvalue weighted by molar-refractivity contribution is -0.144. The summed E-state index contributed by atoms with van der Waals surface area (Å²) in [6.07, 6.45) is 8.08. The van der Waals surface area contributed by atoms with Crippen molar-refractivity contribution < 1.29 is 14.0 Å². The molecule has 0 amide bonds. The SMILES string of the molecule is COC12C=CC(C1)C1C3CC(C(=O)O[Si](C)(C)C)C(C3)C12. The summed E-state index contributed by atoms with van der Waals surface area (Å²) in [7, 11) is 0.0565. The first-order valence-corrected chi connectivity index (χ1v) is 11.7. The van der Waals surface area contributed by atoms with Gasteiger partial charge in [-0.1, -0.05) is 12.2 Å². The number of allylic oxidation sites excluding steroid dienone is 1. The van der Waals surface area contributed by atoms with Gasteiger partial charge in [-0.25, -0.2) is 0 Å². The van der Waals surface area contributed by atoms with E-state index < -0.39 is 8.32 Å². The Hall–Kier alpha value is -0.613. The highest BCUT2D eigenvalue weighted by Gasteiger charge is 2.68. The molecular weight excluding hydrogens is 280 g/mol. The minimum Gasteiger partial charge on any atom is -0.520 e. The van der Waals surface area contributed by atoms with Crippen molar-refractivity contribution in [2.75, 3.05) is 7.11 Å². The van der Waals surface area contributed by atoms with E-state index in [-0.39, 0.29) is 17.5 Å². The number of rotatable bonds is 3. The molecule has 0 saturated heterocycles. The Balaban J connectivity index is 1.59. The van der Waals surface area contributed by atoms with Crippen molar-refractivity contribution in [3.8, 4) is 0 Å². The largest absolute Gasteiger partial charge is 0.520 e. The molecule has 21 heavy (non-hydrogen) atoms. The average Bonchev–Trinajstić information content (AvgIpc) is 3.13. The first kappa shape index (κ1) is 14.0. The molecule has 4 aliphatic carbocycles. The Morgan fingerprint density at radius 1 is 1.29 bits per heavy atom. The number of carbonyl (C=O) groups is 1. The lowest BCUT2D eigenvalue weighted by atomic mass is 9.68. The Morgan fingerprint density at radius 2 is 2.05 bits per heavy atom. The molecule has 0 spiro atoms. The molecule has 4 heteroatoms. The Labute approximate surface area is 128 Å². The second-order valence-electron chi connectivity index (χ2n) is 8.52. The number of carbonyl (C=O) groups excluding carboxylic acids is 1. The van der Waals surface area contributed by atoms with Gasteiger partial charge in [0.15, 0.2) is 0 Å². The third-order valence-corrected chi connectivity index (χ3v) is 7.21. The van der Waals surface area contributed by atoms with Crippen molar-refractivity contribution in [3.63, 3.8) is 0 Å². The molecule has 0 aromatic heterocycles. The summed E-state index contributed by atoms with van der Waals surface area (Å²) in [6.45, 7) is 6.29. The summed E-state index contributed by atoms with van der Waals surface area (Å²) in [6, 6.07) is 0. The Morgan fingerprint density at radius 3 is 2.71 bits per heavy atom. The summed E-state index contributed by atoms with van der Waals surface area (Å²) in [5, 5.41) is 0. The molecular formula is C17H26O3Si. The fourth-order valence-electron chi connectivity index (χ4n) is 5.94. The maximum Gasteiger partial charge on any atom is 0.295 e. The highest BCUT2D eigenvalue weighted by Crippen LogP contribution is 2.69. The molecule has 7 unspecified atom stereocenters. The van der Waals surface area contributed by atoms with E-state index in [0.29, 0.717) is 23.7 Å². The molecule has 0 aromatic rings. The summed E-state index contributed by atoms with van der Waals surface area (Å²) < 4.78 is 11.8. The van der Waals surface area contributed by atoms with E-state index in [0.717, 1.165) is 18.8 Å². The zero-order chi connectivity index (χ0) is 15.0. The lowest BCUT2D eigenvalue weighted by Crippen LogP contribution is -2.45. The van der Waals surface area contributed by atoms with E-state index >= 15 is 0 Å². The summed E-state index contributed by atoms with van der Waals surface area (Å²) in [5.41, 5.74) is -0.0765. The van der Waals surface area contributed by atoms with E-state index in [1.807, 2.05) is 7.11 Å². The lowest BCUT2D eigenvalue weighted by Gasteiger charge is -2.41. The second-order valence-corrected chi connectivity index (χ2v) is 13.0. The number of fused-ring (bicyclic) bond motifs is 9. The molecule has 0 heterocycles. The van der Waals surface area contributed by atoms with Gasteiger partial charge in [-0.15, -0.1) is 0 Å². The van der Waals surface area contributed by atoms with Gasteiger partial charge in [0.2, 0.25) is 8.32 Å². The van der Waals surface area contributed by atoms with Gasteiger partial charge in [0.05, 0.1) is 11.5 Å². The molecule has 0 aromatic carbocycles. The first-order chi connectivity index (χ1) is 9.85. The van der Waals surface area contributed by atoms with Crippen molar-refractivity contribution in [2.24, 2.45) is 35.5 Å². The number of hydrogen-bond acceptors (Lipinski definition) is 3. The minimum atomic E-state index is -1.79. The first-order valence-electron chi connectivity index (χ1n) is 8.32. The number of methoxy groups -OCH3 is 1. The van der Waals surface area contributed by atoms with Crippen molar-refractivity contribution in [1.82, 2.24) is 0 Å². The van der Waals surface area contributed by atoms with Crippen molar-refractivity contribution >= 4 is 14.3 Å². The predicted molar refractivity (Wildman–Crippen MR) is 83.1 cm³/mol. The fourth-order valence-corrected chi connectivity index (χ4v) is 6.70. The standard InChI is InChI=1S/C17H26O3Si/c1-19-17-6-5-10(9-17)14-11-7-12(15(14)17)13(8-11)16(18)20-21(2,3)4/h5-6,10-15H,7-9H2,1-4H3. The maximum absolute atomic E-state index is 12.6. The van der Waals surface area contributed by atoms with Gasteiger partial charge in [-0.3, -0.25) is 4.79 Å². The normalized spacial score (nSPS) is 49.7. The topological polar surface area (TPSA) is 35.5 Å². The fraction of sp³-hybridized carbons (Fsp3) is 0.824. The molecule has 0 N–H and O–H groups in total. The molecule has 0 aliphatic heterocycles. The van der Waals surface area contributed by atoms with Gasteiger partial charge < -0.3 is 9.16 Å². The zero-order valence-electron chi connectivity index (χ0n) is 13.5. The van der Waals surface area contributed by atoms with Crippen LogP contribution in [0.1, 0.15) is 19.3 Å². The van der Waals surface area contributed by atoms with Crippen LogP contribution >= 0.6 is 0 Å². The van der Waals surface area contributed by atoms with Crippen molar-refractivity contribution in [1.29, 1.82) is 0 Å². The summed E-state index contributed by atoms with van der Waals surface area (Å²) in [5.74, 6) is 3.41. The number of hydrogen-bond donors (Lipinski definition) is 0. The second kappa shape index (κ2) is 4.22. The van der Waals surface area contributed by atoms with E-state index in [2.05, 4.69) is 31.8 Å². The van der Waals surface area contributed by atoms with Crippen molar-refractivity contribution in [2.45, 2.75) is 44.5 Å². The third-order valence-electron chi connectivity index (χ3n) is 6.40. The van der Waals surface area contributed by atoms with Gasteiger partial charge in [0.25, 0.3) is 5.97 Å². The molecule has 116 valence electrons. The van der Waals surface area contributed by atoms with Gasteiger partial charge in [-0.05, 0) is 68.5 Å². The number of ether oxygens (including phenoxy) is 1. The monoisotopic (exact) mass is 306 g/mol. The van der Waals surface area contributed by atoms with Gasteiger partial charge >= 0.3 is 0 Å². The van der Waals surface area contributed by atoms with E-state index in [1.54, 1.807) is 0 Å². The van der Waals surface area contributed by atoms with Crippen LogP contribution in [0.25, 0.3) is 0 Å². The highest BCUT2D eigenvalue weighted by atomic mass is 28.4. The molecule has 4 rings (SSSR count). The van der Waals surface area contributed by atoms with Crippen LogP contribution in [-0.4, -0.2) is 27.0 Å². The molecule has 3 saturated carbocycles. The molecule has 0 radical (unpaired) electrons. The van der Waals surface area contributed by atoms with Gasteiger partial charge in [0.1, 0.15) is 0 Å². The summed E-state index contributed by atoms with van der Waals surface area (Å²) in [4.78, 5) is 12.6. The van der Waals surface area contributed by atoms with Crippen LogP contribution in [-0.2, 0) is 14.0 Å². The van der Waals surface area contributed by atoms with Crippen LogP contribution in [0, 0.1) is 35.5 Å². The Bertz CT molecular complexity index is 509. The molecule has 3 nitrogen and oxygen atoms in total. The van der Waals surface area contributed by atoms with E-state index in [1.165, 1.54) is 6.42 Å². The van der Waals surface area contributed by atoms with E-state index in [9.17, 15) is 4.79 Å². The molecule has 4 aliphatic rings. The van der Waals surface area contributed by atoms with E-state index in [4.69, 9.17) is 9.16 Å². The van der Waals surface area contributed by atoms with Crippen LogP contribution in [0.4, 0.5) is 0 Å². The molecule has 3 fully saturated rings. The van der Waals surface area contributed by atoms with Crippen molar-refractivity contribution in [3.05, 3.63) is 12.2 Å². The molecule has 7 atom stereocenters. The van der Waals surface area contributed by atoms with Crippen LogP contribution in [0.5, 0.6) is 0 Å². The minimum absolute atomic E-state index is 0.0765. The van der Waals surface area contributed by atoms with Gasteiger partial charge in [0, 0.05) is 7.11 Å². The Kier molecular flexibility index (Phi) is 2.82. The summed E-state index contributed by atoms with van der Waals surface area (Å²) >= 11 is 0. The van der Waals surface area contributed by atoms with Crippen LogP contribution in [0.3, 0.4) is 0 Å². The van der Waals surface area contributed by atoms with Crippen LogP contribution in [0.2, 0.25) is 19.6 Å². The maximum atomic E-state index is 12.6. The van der Waals surface area contributed by atoms with Crippen LogP contribution < -0.4 is 0 Å². The highest BCUT2D eigenvalue weighted by molar-refractivity contribution is 6.71. The predicted octanol–water partition coefficient (Wildman–Crippen LogP) is 3.23. The van der Waals surface area contributed by atoms with Gasteiger partial charge in [-0.2, -0.15) is 0 Å². The quantitative estimate of drug-likeness (QED) is 0.456. The zero-order valence-corrected chi connectivity index (χ0v) is 14.5. The molecule has 4 bridgehead atoms. The smallest absolute Gasteiger partial charge is 0.295 e. The average molecular weight is 306 g/mol. The third kappa shape index (κ3) is 1.84. The van der Waals surface area contributed by atoms with Crippen LogP contribution in [0.15, 0.2) is 12.2 Å².